The van der Waals surface area contributed by atoms with Gasteiger partial charge in [-0.3, -0.25) is 0 Å². The molecule has 4 N–H and O–H groups in total. The third-order valence-electron chi connectivity index (χ3n) is 2.42. The van der Waals surface area contributed by atoms with Gasteiger partial charge in [0, 0.05) is 19.6 Å². The molecule has 0 bridgehead atoms. The molecule has 1 heterocycles. The predicted molar refractivity (Wildman–Crippen MR) is 66.9 cm³/mol. The van der Waals surface area contributed by atoms with Crippen LogP contribution >= 0.6 is 11.6 Å². The molecule has 0 unspecified atom stereocenters. The van der Waals surface area contributed by atoms with E-state index >= 15 is 0 Å². The number of nitrogens with one attached hydrogen (secondary N) is 2. The lowest BCUT2D eigenvalue weighted by atomic mass is 10.2. The predicted octanol–water partition coefficient (Wildman–Crippen LogP) is 0.827. The first kappa shape index (κ1) is 12.8. The van der Waals surface area contributed by atoms with E-state index in [2.05, 4.69) is 10.6 Å². The maximum absolute atomic E-state index is 10.4. The number of rotatable bonds is 5. The molecule has 0 radical (unpaired) electrons. The van der Waals surface area contributed by atoms with E-state index in [4.69, 9.17) is 26.8 Å². The molecule has 0 atom stereocenters. The van der Waals surface area contributed by atoms with Crippen LogP contribution in [0, 0.1) is 0 Å². The summed E-state index contributed by atoms with van der Waals surface area (Å²) in [5, 5.41) is 6.18. The number of ether oxygens (including phenoxy) is 2. The number of benzene rings is 1. The maximum Gasteiger partial charge on any atom is 0.312 e. The van der Waals surface area contributed by atoms with Crippen molar-refractivity contribution >= 4 is 17.6 Å². The van der Waals surface area contributed by atoms with E-state index in [1.165, 1.54) is 0 Å². The van der Waals surface area contributed by atoms with Gasteiger partial charge in [0.1, 0.15) is 0 Å². The second kappa shape index (κ2) is 5.79. The smallest absolute Gasteiger partial charge is 0.312 e. The van der Waals surface area contributed by atoms with Crippen LogP contribution < -0.4 is 25.8 Å². The van der Waals surface area contributed by atoms with Crippen LogP contribution in [0.3, 0.4) is 0 Å². The van der Waals surface area contributed by atoms with Crippen molar-refractivity contribution < 1.29 is 14.3 Å². The first-order valence-electron chi connectivity index (χ1n) is 5.49. The van der Waals surface area contributed by atoms with Crippen molar-refractivity contribution in [2.24, 2.45) is 5.73 Å². The third kappa shape index (κ3) is 3.18. The molecule has 1 aromatic rings. The van der Waals surface area contributed by atoms with Crippen LogP contribution in [-0.2, 0) is 6.54 Å². The quantitative estimate of drug-likeness (QED) is 0.693. The molecule has 0 saturated heterocycles. The van der Waals surface area contributed by atoms with Crippen molar-refractivity contribution in [1.29, 1.82) is 0 Å². The third-order valence-corrected chi connectivity index (χ3v) is 2.70. The molecule has 2 rings (SSSR count). The van der Waals surface area contributed by atoms with Crippen LogP contribution in [0.2, 0.25) is 5.02 Å². The van der Waals surface area contributed by atoms with E-state index in [1.807, 2.05) is 12.1 Å². The van der Waals surface area contributed by atoms with Crippen LogP contribution in [-0.4, -0.2) is 25.9 Å². The fourth-order valence-corrected chi connectivity index (χ4v) is 1.92. The number of halogens is 1. The number of fused-ring (bicyclic) bond motifs is 1. The molecule has 7 heteroatoms. The summed E-state index contributed by atoms with van der Waals surface area (Å²) in [6.07, 6.45) is 0. The lowest BCUT2D eigenvalue weighted by molar-refractivity contribution is 0.174. The molecule has 18 heavy (non-hydrogen) atoms. The number of amides is 2. The van der Waals surface area contributed by atoms with Gasteiger partial charge in [0.2, 0.25) is 6.79 Å². The van der Waals surface area contributed by atoms with E-state index in [0.29, 0.717) is 36.2 Å². The molecule has 1 aromatic carbocycles. The molecule has 1 aliphatic heterocycles. The number of hydrogen-bond acceptors (Lipinski definition) is 4. The SMILES string of the molecule is NC(=O)NCCNCc1cc(Cl)c2c(c1)OCO2. The minimum Gasteiger partial charge on any atom is -0.454 e. The molecule has 1 aliphatic rings. The fraction of sp³-hybridized carbons (Fsp3) is 0.364. The number of nitrogens with two attached hydrogens (primary N) is 1. The molecule has 0 spiro atoms. The summed E-state index contributed by atoms with van der Waals surface area (Å²) in [6.45, 7) is 1.92. The first-order chi connectivity index (χ1) is 8.66. The second-order valence-corrected chi connectivity index (χ2v) is 4.19. The molecule has 6 nitrogen and oxygen atoms in total. The number of hydrogen-bond donors (Lipinski definition) is 3. The van der Waals surface area contributed by atoms with Crippen LogP contribution in [0.15, 0.2) is 12.1 Å². The summed E-state index contributed by atoms with van der Waals surface area (Å²) >= 11 is 6.05. The number of carbonyl (C=O) groups is 1. The van der Waals surface area contributed by atoms with Crippen LogP contribution in [0.1, 0.15) is 5.56 Å². The fourth-order valence-electron chi connectivity index (χ4n) is 1.63. The molecule has 0 aliphatic carbocycles. The highest BCUT2D eigenvalue weighted by Gasteiger charge is 2.17. The highest BCUT2D eigenvalue weighted by Crippen LogP contribution is 2.39. The topological polar surface area (TPSA) is 85.6 Å². The Hall–Kier alpha value is -1.66. The summed E-state index contributed by atoms with van der Waals surface area (Å²) in [7, 11) is 0. The van der Waals surface area contributed by atoms with E-state index in [0.717, 1.165) is 5.56 Å². The average molecular weight is 272 g/mol. The summed E-state index contributed by atoms with van der Waals surface area (Å²) in [5.74, 6) is 1.25. The van der Waals surface area contributed by atoms with Gasteiger partial charge >= 0.3 is 6.03 Å². The largest absolute Gasteiger partial charge is 0.454 e. The Morgan fingerprint density at radius 1 is 1.39 bits per heavy atom. The van der Waals surface area contributed by atoms with Crippen molar-refractivity contribution in [2.45, 2.75) is 6.54 Å². The lowest BCUT2D eigenvalue weighted by Crippen LogP contribution is -2.35. The lowest BCUT2D eigenvalue weighted by Gasteiger charge is -2.07. The van der Waals surface area contributed by atoms with Gasteiger partial charge in [0.25, 0.3) is 0 Å². The number of urea groups is 1. The molecular weight excluding hydrogens is 258 g/mol. The van der Waals surface area contributed by atoms with Gasteiger partial charge in [-0.25, -0.2) is 4.79 Å². The molecular formula is C11H14ClN3O3. The Morgan fingerprint density at radius 3 is 3.00 bits per heavy atom. The number of carbonyl (C=O) groups excluding carboxylic acids is 1. The van der Waals surface area contributed by atoms with Gasteiger partial charge in [0.05, 0.1) is 5.02 Å². The summed E-state index contributed by atoms with van der Waals surface area (Å²) in [5.41, 5.74) is 5.93. The molecule has 98 valence electrons. The zero-order valence-electron chi connectivity index (χ0n) is 9.66. The van der Waals surface area contributed by atoms with E-state index in [1.54, 1.807) is 0 Å². The van der Waals surface area contributed by atoms with Gasteiger partial charge in [0.15, 0.2) is 11.5 Å². The van der Waals surface area contributed by atoms with Crippen molar-refractivity contribution in [3.63, 3.8) is 0 Å². The van der Waals surface area contributed by atoms with Gasteiger partial charge in [-0.05, 0) is 17.7 Å². The Morgan fingerprint density at radius 2 is 2.22 bits per heavy atom. The van der Waals surface area contributed by atoms with Crippen molar-refractivity contribution in [1.82, 2.24) is 10.6 Å². The van der Waals surface area contributed by atoms with Crippen molar-refractivity contribution in [3.8, 4) is 11.5 Å². The second-order valence-electron chi connectivity index (χ2n) is 3.78. The molecule has 0 saturated carbocycles. The van der Waals surface area contributed by atoms with E-state index in [-0.39, 0.29) is 6.79 Å². The average Bonchev–Trinajstić information content (AvgIpc) is 2.77. The summed E-state index contributed by atoms with van der Waals surface area (Å²) in [4.78, 5) is 10.4. The monoisotopic (exact) mass is 271 g/mol. The maximum atomic E-state index is 10.4. The highest BCUT2D eigenvalue weighted by atomic mass is 35.5. The molecule has 2 amide bonds. The van der Waals surface area contributed by atoms with Crippen molar-refractivity contribution in [3.05, 3.63) is 22.7 Å². The van der Waals surface area contributed by atoms with Crippen molar-refractivity contribution in [2.75, 3.05) is 19.9 Å². The minimum absolute atomic E-state index is 0.203. The van der Waals surface area contributed by atoms with Crippen LogP contribution in [0.25, 0.3) is 0 Å². The highest BCUT2D eigenvalue weighted by molar-refractivity contribution is 6.32. The first-order valence-corrected chi connectivity index (χ1v) is 5.86. The Kier molecular flexibility index (Phi) is 4.11. The Labute approximate surface area is 109 Å². The van der Waals surface area contributed by atoms with Gasteiger partial charge in [-0.1, -0.05) is 11.6 Å². The normalized spacial score (nSPS) is 12.5. The van der Waals surface area contributed by atoms with E-state index in [9.17, 15) is 4.79 Å². The number of primary amides is 1. The van der Waals surface area contributed by atoms with Gasteiger partial charge < -0.3 is 25.8 Å². The van der Waals surface area contributed by atoms with Gasteiger partial charge in [-0.15, -0.1) is 0 Å². The van der Waals surface area contributed by atoms with E-state index < -0.39 is 6.03 Å². The molecule has 0 aromatic heterocycles. The minimum atomic E-state index is -0.525. The zero-order chi connectivity index (χ0) is 13.0. The van der Waals surface area contributed by atoms with Crippen LogP contribution in [0.4, 0.5) is 4.79 Å². The zero-order valence-corrected chi connectivity index (χ0v) is 10.4. The van der Waals surface area contributed by atoms with Crippen LogP contribution in [0.5, 0.6) is 11.5 Å². The Balaban J connectivity index is 1.83. The Bertz CT molecular complexity index is 453. The van der Waals surface area contributed by atoms with Gasteiger partial charge in [-0.2, -0.15) is 0 Å². The molecule has 0 fully saturated rings. The summed E-state index contributed by atoms with van der Waals surface area (Å²) in [6, 6.07) is 3.18. The standard InChI is InChI=1S/C11H14ClN3O3/c12-8-3-7(4-9-10(8)18-6-17-9)5-14-1-2-15-11(13)16/h3-4,14H,1-2,5-6H2,(H3,13,15,16). The summed E-state index contributed by atoms with van der Waals surface area (Å²) < 4.78 is 10.5.